The van der Waals surface area contributed by atoms with Crippen molar-refractivity contribution >= 4 is 28.1 Å². The number of aliphatic imine (C=N–C) groups is 1. The van der Waals surface area contributed by atoms with Gasteiger partial charge in [0.05, 0.1) is 13.0 Å². The summed E-state index contributed by atoms with van der Waals surface area (Å²) in [6.07, 6.45) is 6.14. The van der Waals surface area contributed by atoms with Gasteiger partial charge in [-0.3, -0.25) is 9.79 Å². The summed E-state index contributed by atoms with van der Waals surface area (Å²) in [7, 11) is 0. The molecule has 0 bridgehead atoms. The third-order valence-corrected chi connectivity index (χ3v) is 3.01. The molecule has 2 atom stereocenters. The van der Waals surface area contributed by atoms with E-state index in [4.69, 9.17) is 4.74 Å². The lowest BCUT2D eigenvalue weighted by Crippen LogP contribution is -2.13. The summed E-state index contributed by atoms with van der Waals surface area (Å²) in [5.41, 5.74) is 0.974. The SMILES string of the molecule is CCCOC(=O)CC(C)C1=CC(Br)CC=N1. The maximum Gasteiger partial charge on any atom is 0.306 e. The number of alkyl halides is 1. The fraction of sp³-hybridized carbons (Fsp3) is 0.667. The summed E-state index contributed by atoms with van der Waals surface area (Å²) >= 11 is 3.52. The fourth-order valence-corrected chi connectivity index (χ4v) is 1.91. The number of allylic oxidation sites excluding steroid dienone is 2. The van der Waals surface area contributed by atoms with Crippen LogP contribution in [0.25, 0.3) is 0 Å². The van der Waals surface area contributed by atoms with Gasteiger partial charge in [-0.15, -0.1) is 0 Å². The summed E-state index contributed by atoms with van der Waals surface area (Å²) < 4.78 is 5.05. The quantitative estimate of drug-likeness (QED) is 0.576. The molecule has 1 aliphatic rings. The predicted molar refractivity (Wildman–Crippen MR) is 68.9 cm³/mol. The molecular weight excluding hydrogens is 270 g/mol. The number of nitrogens with zero attached hydrogens (tertiary/aromatic N) is 1. The lowest BCUT2D eigenvalue weighted by atomic mass is 10.0. The van der Waals surface area contributed by atoms with Crippen molar-refractivity contribution in [3.05, 3.63) is 11.8 Å². The number of esters is 1. The average Bonchev–Trinajstić information content (AvgIpc) is 2.26. The van der Waals surface area contributed by atoms with Crippen LogP contribution < -0.4 is 0 Å². The molecule has 0 aliphatic carbocycles. The van der Waals surface area contributed by atoms with E-state index in [2.05, 4.69) is 27.0 Å². The normalized spacial score (nSPS) is 21.4. The molecule has 1 aliphatic heterocycles. The highest BCUT2D eigenvalue weighted by molar-refractivity contribution is 9.09. The van der Waals surface area contributed by atoms with Crippen LogP contribution in [0.1, 0.15) is 33.1 Å². The summed E-state index contributed by atoms with van der Waals surface area (Å²) in [5, 5.41) is 0. The molecule has 90 valence electrons. The Hall–Kier alpha value is -0.640. The van der Waals surface area contributed by atoms with Crippen LogP contribution in [-0.2, 0) is 9.53 Å². The number of halogens is 1. The lowest BCUT2D eigenvalue weighted by Gasteiger charge is -2.16. The number of carbonyl (C=O) groups excluding carboxylic acids is 1. The summed E-state index contributed by atoms with van der Waals surface area (Å²) in [4.78, 5) is 16.1. The molecule has 1 heterocycles. The van der Waals surface area contributed by atoms with Crippen molar-refractivity contribution in [1.82, 2.24) is 0 Å². The van der Waals surface area contributed by atoms with Crippen LogP contribution in [0.15, 0.2) is 16.8 Å². The highest BCUT2D eigenvalue weighted by Crippen LogP contribution is 2.23. The molecule has 0 spiro atoms. The maximum atomic E-state index is 11.4. The van der Waals surface area contributed by atoms with E-state index in [9.17, 15) is 4.79 Å². The van der Waals surface area contributed by atoms with Gasteiger partial charge in [-0.25, -0.2) is 0 Å². The van der Waals surface area contributed by atoms with Crippen LogP contribution in [0.5, 0.6) is 0 Å². The van der Waals surface area contributed by atoms with E-state index < -0.39 is 0 Å². The summed E-state index contributed by atoms with van der Waals surface area (Å²) in [5.74, 6) is -0.0110. The Bertz CT molecular complexity index is 299. The number of rotatable bonds is 5. The van der Waals surface area contributed by atoms with Gasteiger partial charge in [0.1, 0.15) is 0 Å². The first kappa shape index (κ1) is 13.4. The van der Waals surface area contributed by atoms with E-state index in [-0.39, 0.29) is 11.9 Å². The molecule has 0 amide bonds. The van der Waals surface area contributed by atoms with Gasteiger partial charge in [0.15, 0.2) is 0 Å². The van der Waals surface area contributed by atoms with Crippen LogP contribution in [-0.4, -0.2) is 23.6 Å². The first-order valence-electron chi connectivity index (χ1n) is 5.67. The maximum absolute atomic E-state index is 11.4. The van der Waals surface area contributed by atoms with Gasteiger partial charge in [0.25, 0.3) is 0 Å². The van der Waals surface area contributed by atoms with Crippen molar-refractivity contribution in [2.45, 2.75) is 37.9 Å². The Morgan fingerprint density at radius 3 is 3.12 bits per heavy atom. The Morgan fingerprint density at radius 1 is 1.75 bits per heavy atom. The molecule has 0 aromatic carbocycles. The van der Waals surface area contributed by atoms with E-state index in [1.54, 1.807) is 0 Å². The number of carbonyl (C=O) groups is 1. The molecule has 0 N–H and O–H groups in total. The minimum atomic E-state index is -0.137. The Morgan fingerprint density at radius 2 is 2.50 bits per heavy atom. The lowest BCUT2D eigenvalue weighted by molar-refractivity contribution is -0.144. The Labute approximate surface area is 105 Å². The molecule has 4 heteroatoms. The van der Waals surface area contributed by atoms with Crippen molar-refractivity contribution in [3.8, 4) is 0 Å². The monoisotopic (exact) mass is 287 g/mol. The highest BCUT2D eigenvalue weighted by atomic mass is 79.9. The minimum Gasteiger partial charge on any atom is -0.466 e. The predicted octanol–water partition coefficient (Wildman–Crippen LogP) is 3.09. The zero-order valence-corrected chi connectivity index (χ0v) is 11.4. The largest absolute Gasteiger partial charge is 0.466 e. The molecule has 0 radical (unpaired) electrons. The topological polar surface area (TPSA) is 38.7 Å². The van der Waals surface area contributed by atoms with E-state index >= 15 is 0 Å². The molecule has 16 heavy (non-hydrogen) atoms. The van der Waals surface area contributed by atoms with E-state index in [0.717, 1.165) is 18.5 Å². The second kappa shape index (κ2) is 6.84. The van der Waals surface area contributed by atoms with E-state index in [1.165, 1.54) is 0 Å². The number of hydrogen-bond acceptors (Lipinski definition) is 3. The standard InChI is InChI=1S/C12H18BrNO2/c1-3-6-16-12(15)7-9(2)11-8-10(13)4-5-14-11/h5,8-10H,3-4,6-7H2,1-2H3. The van der Waals surface area contributed by atoms with Crippen molar-refractivity contribution in [3.63, 3.8) is 0 Å². The molecule has 0 aromatic heterocycles. The fourth-order valence-electron chi connectivity index (χ4n) is 1.48. The molecular formula is C12H18BrNO2. The second-order valence-corrected chi connectivity index (χ2v) is 5.16. The minimum absolute atomic E-state index is 0.126. The smallest absolute Gasteiger partial charge is 0.306 e. The van der Waals surface area contributed by atoms with Gasteiger partial charge in [-0.1, -0.05) is 29.8 Å². The van der Waals surface area contributed by atoms with Gasteiger partial charge < -0.3 is 4.74 Å². The third kappa shape index (κ3) is 4.47. The van der Waals surface area contributed by atoms with Crippen molar-refractivity contribution < 1.29 is 9.53 Å². The van der Waals surface area contributed by atoms with Crippen molar-refractivity contribution in [2.24, 2.45) is 10.9 Å². The first-order valence-corrected chi connectivity index (χ1v) is 6.59. The van der Waals surface area contributed by atoms with Crippen LogP contribution in [0.4, 0.5) is 0 Å². The van der Waals surface area contributed by atoms with E-state index in [1.807, 2.05) is 20.1 Å². The molecule has 2 unspecified atom stereocenters. The van der Waals surface area contributed by atoms with E-state index in [0.29, 0.717) is 17.9 Å². The van der Waals surface area contributed by atoms with Crippen LogP contribution >= 0.6 is 15.9 Å². The van der Waals surface area contributed by atoms with Gasteiger partial charge in [-0.2, -0.15) is 0 Å². The molecule has 1 rings (SSSR count). The van der Waals surface area contributed by atoms with Crippen molar-refractivity contribution in [2.75, 3.05) is 6.61 Å². The molecule has 3 nitrogen and oxygen atoms in total. The van der Waals surface area contributed by atoms with Crippen LogP contribution in [0.2, 0.25) is 0 Å². The second-order valence-electron chi connectivity index (χ2n) is 3.98. The number of ether oxygens (including phenoxy) is 1. The van der Waals surface area contributed by atoms with Gasteiger partial charge >= 0.3 is 5.97 Å². The Balaban J connectivity index is 2.42. The average molecular weight is 288 g/mol. The summed E-state index contributed by atoms with van der Waals surface area (Å²) in [6.45, 7) is 4.50. The van der Waals surface area contributed by atoms with Crippen molar-refractivity contribution in [1.29, 1.82) is 0 Å². The molecule has 0 saturated heterocycles. The van der Waals surface area contributed by atoms with Gasteiger partial charge in [0.2, 0.25) is 0 Å². The van der Waals surface area contributed by atoms with Crippen LogP contribution in [0.3, 0.4) is 0 Å². The Kier molecular flexibility index (Phi) is 5.74. The molecule has 0 aromatic rings. The zero-order valence-electron chi connectivity index (χ0n) is 9.78. The zero-order chi connectivity index (χ0) is 12.0. The van der Waals surface area contributed by atoms with Crippen LogP contribution in [0, 0.1) is 5.92 Å². The molecule has 0 fully saturated rings. The number of hydrogen-bond donors (Lipinski definition) is 0. The molecule has 0 saturated carbocycles. The highest BCUT2D eigenvalue weighted by Gasteiger charge is 2.17. The van der Waals surface area contributed by atoms with Gasteiger partial charge in [-0.05, 0) is 18.9 Å². The van der Waals surface area contributed by atoms with Gasteiger partial charge in [0, 0.05) is 22.7 Å². The third-order valence-electron chi connectivity index (χ3n) is 2.37. The first-order chi connectivity index (χ1) is 7.63. The summed E-state index contributed by atoms with van der Waals surface area (Å²) in [6, 6.07) is 0.